The Morgan fingerprint density at radius 3 is 2.34 bits per heavy atom. The highest BCUT2D eigenvalue weighted by atomic mass is 35.5. The number of anilines is 1. The van der Waals surface area contributed by atoms with Crippen LogP contribution in [-0.2, 0) is 29.2 Å². The number of hydrogen-bond donors (Lipinski definition) is 2. The average Bonchev–Trinajstić information content (AvgIpc) is 2.93. The van der Waals surface area contributed by atoms with Crippen molar-refractivity contribution in [3.05, 3.63) is 104 Å². The summed E-state index contributed by atoms with van der Waals surface area (Å²) in [6.07, 6.45) is 0.376. The van der Waals surface area contributed by atoms with E-state index in [9.17, 15) is 19.2 Å². The predicted octanol–water partition coefficient (Wildman–Crippen LogP) is 3.56. The molecule has 38 heavy (non-hydrogen) atoms. The molecule has 2 amide bonds. The maximum atomic E-state index is 13.3. The summed E-state index contributed by atoms with van der Waals surface area (Å²) >= 11 is 6.12. The number of methoxy groups -OCH3 is 1. The molecule has 3 aromatic carbocycles. The first-order chi connectivity index (χ1) is 18.4. The molecule has 0 saturated carbocycles. The number of rotatable bonds is 10. The number of para-hydroxylation sites is 1. The van der Waals surface area contributed by atoms with Gasteiger partial charge in [-0.2, -0.15) is 0 Å². The molecular formula is C28H27ClN4O5. The molecule has 2 N–H and O–H groups in total. The number of halogens is 1. The molecular weight excluding hydrogens is 508 g/mol. The molecule has 4 aromatic rings. The summed E-state index contributed by atoms with van der Waals surface area (Å²) in [5.41, 5.74) is 0.624. The Kier molecular flexibility index (Phi) is 8.60. The van der Waals surface area contributed by atoms with Gasteiger partial charge in [-0.05, 0) is 54.4 Å². The topological polar surface area (TPSA) is 111 Å². The van der Waals surface area contributed by atoms with Gasteiger partial charge in [0.05, 0.1) is 18.0 Å². The van der Waals surface area contributed by atoms with Crippen LogP contribution in [0.4, 0.5) is 5.69 Å². The smallest absolute Gasteiger partial charge is 0.331 e. The minimum atomic E-state index is -0.616. The zero-order valence-electron chi connectivity index (χ0n) is 20.8. The summed E-state index contributed by atoms with van der Waals surface area (Å²) in [5.74, 6) is -0.000596. The minimum absolute atomic E-state index is 0.0299. The number of nitrogens with one attached hydrogen (secondary N) is 2. The first-order valence-electron chi connectivity index (χ1n) is 12.0. The van der Waals surface area contributed by atoms with Crippen LogP contribution in [0.1, 0.15) is 18.4 Å². The summed E-state index contributed by atoms with van der Waals surface area (Å²) in [6, 6.07) is 20.7. The van der Waals surface area contributed by atoms with Crippen LogP contribution in [0.3, 0.4) is 0 Å². The maximum absolute atomic E-state index is 13.3. The second-order valence-corrected chi connectivity index (χ2v) is 9.00. The van der Waals surface area contributed by atoms with Crippen LogP contribution in [0.15, 0.2) is 82.4 Å². The molecule has 0 atom stereocenters. The van der Waals surface area contributed by atoms with Crippen LogP contribution in [-0.4, -0.2) is 28.1 Å². The Hall–Kier alpha value is -4.37. The molecule has 10 heteroatoms. The van der Waals surface area contributed by atoms with Gasteiger partial charge in [0.15, 0.2) is 0 Å². The van der Waals surface area contributed by atoms with E-state index in [0.29, 0.717) is 27.4 Å². The van der Waals surface area contributed by atoms with Crippen molar-refractivity contribution in [2.45, 2.75) is 32.5 Å². The van der Waals surface area contributed by atoms with Crippen LogP contribution in [0, 0.1) is 0 Å². The third kappa shape index (κ3) is 6.30. The van der Waals surface area contributed by atoms with Gasteiger partial charge in [-0.3, -0.25) is 23.5 Å². The summed E-state index contributed by atoms with van der Waals surface area (Å²) in [5, 5.41) is 6.43. The molecule has 0 aliphatic heterocycles. The number of amides is 2. The van der Waals surface area contributed by atoms with E-state index in [1.807, 2.05) is 18.2 Å². The zero-order valence-corrected chi connectivity index (χ0v) is 21.5. The summed E-state index contributed by atoms with van der Waals surface area (Å²) in [4.78, 5) is 51.5. The van der Waals surface area contributed by atoms with E-state index in [2.05, 4.69) is 10.6 Å². The largest absolute Gasteiger partial charge is 0.497 e. The van der Waals surface area contributed by atoms with Gasteiger partial charge in [-0.25, -0.2) is 4.79 Å². The van der Waals surface area contributed by atoms with E-state index in [4.69, 9.17) is 16.3 Å². The van der Waals surface area contributed by atoms with Gasteiger partial charge in [0.25, 0.3) is 5.56 Å². The number of hydrogen-bond acceptors (Lipinski definition) is 5. The van der Waals surface area contributed by atoms with Gasteiger partial charge in [-0.1, -0.05) is 41.9 Å². The van der Waals surface area contributed by atoms with Crippen molar-refractivity contribution >= 4 is 40.0 Å². The van der Waals surface area contributed by atoms with Crippen LogP contribution in [0.5, 0.6) is 5.75 Å². The molecule has 1 aromatic heterocycles. The monoisotopic (exact) mass is 534 g/mol. The highest BCUT2D eigenvalue weighted by molar-refractivity contribution is 6.31. The van der Waals surface area contributed by atoms with Crippen LogP contribution < -0.4 is 26.6 Å². The number of nitrogens with zero attached hydrogens (tertiary/aromatic N) is 2. The van der Waals surface area contributed by atoms with E-state index in [1.54, 1.807) is 61.7 Å². The molecule has 0 radical (unpaired) electrons. The Bertz CT molecular complexity index is 1580. The molecule has 1 heterocycles. The van der Waals surface area contributed by atoms with Crippen molar-refractivity contribution in [3.63, 3.8) is 0 Å². The molecule has 0 fully saturated rings. The fraction of sp³-hybridized carbons (Fsp3) is 0.214. The van der Waals surface area contributed by atoms with Gasteiger partial charge < -0.3 is 15.4 Å². The fourth-order valence-electron chi connectivity index (χ4n) is 4.06. The Morgan fingerprint density at radius 2 is 1.61 bits per heavy atom. The quantitative estimate of drug-likeness (QED) is 0.323. The van der Waals surface area contributed by atoms with Crippen LogP contribution in [0.25, 0.3) is 10.9 Å². The number of carbonyl (C=O) groups is 2. The molecule has 0 aliphatic carbocycles. The second kappa shape index (κ2) is 12.2. The number of aromatic nitrogens is 2. The van der Waals surface area contributed by atoms with Crippen LogP contribution >= 0.6 is 11.6 Å². The normalized spacial score (nSPS) is 10.8. The SMILES string of the molecule is COc1ccc(NC(=O)Cn2c(=O)n(CCCC(=O)NCc3ccccc3Cl)c(=O)c3ccccc32)cc1. The van der Waals surface area contributed by atoms with Crippen molar-refractivity contribution in [1.29, 1.82) is 0 Å². The molecule has 0 spiro atoms. The van der Waals surface area contributed by atoms with Crippen LogP contribution in [0.2, 0.25) is 5.02 Å². The minimum Gasteiger partial charge on any atom is -0.497 e. The molecule has 9 nitrogen and oxygen atoms in total. The third-order valence-electron chi connectivity index (χ3n) is 6.03. The lowest BCUT2D eigenvalue weighted by Crippen LogP contribution is -2.42. The van der Waals surface area contributed by atoms with E-state index in [0.717, 1.165) is 10.1 Å². The standard InChI is InChI=1S/C28H27ClN4O5/c1-38-21-14-12-20(13-15-21)31-26(35)18-33-24-10-5-3-8-22(24)27(36)32(28(33)37)16-6-11-25(34)30-17-19-7-2-4-9-23(19)29/h2-5,7-10,12-15H,6,11,16-18H2,1H3,(H,30,34)(H,31,35). The first-order valence-corrected chi connectivity index (χ1v) is 12.4. The summed E-state index contributed by atoms with van der Waals surface area (Å²) in [7, 11) is 1.55. The number of ether oxygens (including phenoxy) is 1. The van der Waals surface area contributed by atoms with Crippen molar-refractivity contribution in [2.24, 2.45) is 0 Å². The summed E-state index contributed by atoms with van der Waals surface area (Å²) in [6.45, 7) is 0.0244. The van der Waals surface area contributed by atoms with Gasteiger partial charge in [0.1, 0.15) is 12.3 Å². The van der Waals surface area contributed by atoms with E-state index >= 15 is 0 Å². The van der Waals surface area contributed by atoms with Gasteiger partial charge in [0, 0.05) is 30.2 Å². The van der Waals surface area contributed by atoms with Gasteiger partial charge in [0.2, 0.25) is 11.8 Å². The lowest BCUT2D eigenvalue weighted by molar-refractivity contribution is -0.121. The fourth-order valence-corrected chi connectivity index (χ4v) is 4.26. The van der Waals surface area contributed by atoms with Gasteiger partial charge >= 0.3 is 5.69 Å². The van der Waals surface area contributed by atoms with Gasteiger partial charge in [-0.15, -0.1) is 0 Å². The predicted molar refractivity (Wildman–Crippen MR) is 147 cm³/mol. The average molecular weight is 535 g/mol. The van der Waals surface area contributed by atoms with Crippen molar-refractivity contribution in [3.8, 4) is 5.75 Å². The van der Waals surface area contributed by atoms with E-state index < -0.39 is 17.2 Å². The Labute approximate surface area is 223 Å². The highest BCUT2D eigenvalue weighted by Gasteiger charge is 2.16. The second-order valence-electron chi connectivity index (χ2n) is 8.59. The summed E-state index contributed by atoms with van der Waals surface area (Å²) < 4.78 is 7.47. The lowest BCUT2D eigenvalue weighted by Gasteiger charge is -2.14. The first kappa shape index (κ1) is 26.7. The van der Waals surface area contributed by atoms with E-state index in [-0.39, 0.29) is 38.4 Å². The third-order valence-corrected chi connectivity index (χ3v) is 6.40. The lowest BCUT2D eigenvalue weighted by atomic mass is 10.2. The maximum Gasteiger partial charge on any atom is 0.331 e. The van der Waals surface area contributed by atoms with Crippen molar-refractivity contribution in [2.75, 3.05) is 12.4 Å². The number of fused-ring (bicyclic) bond motifs is 1. The molecule has 196 valence electrons. The van der Waals surface area contributed by atoms with Crippen molar-refractivity contribution in [1.82, 2.24) is 14.5 Å². The highest BCUT2D eigenvalue weighted by Crippen LogP contribution is 2.16. The number of carbonyl (C=O) groups excluding carboxylic acids is 2. The Balaban J connectivity index is 1.47. The molecule has 0 aliphatic rings. The molecule has 4 rings (SSSR count). The van der Waals surface area contributed by atoms with E-state index in [1.165, 1.54) is 4.57 Å². The molecule has 0 unspecified atom stereocenters. The number of benzene rings is 3. The molecule has 0 saturated heterocycles. The Morgan fingerprint density at radius 1 is 0.895 bits per heavy atom. The molecule has 0 bridgehead atoms. The zero-order chi connectivity index (χ0) is 27.1. The van der Waals surface area contributed by atoms with Crippen molar-refractivity contribution < 1.29 is 14.3 Å².